The van der Waals surface area contributed by atoms with Crippen molar-refractivity contribution in [1.29, 1.82) is 0 Å². The van der Waals surface area contributed by atoms with E-state index in [2.05, 4.69) is 5.32 Å². The molecule has 0 aromatic heterocycles. The van der Waals surface area contributed by atoms with Crippen LogP contribution in [0.3, 0.4) is 0 Å². The summed E-state index contributed by atoms with van der Waals surface area (Å²) in [5.41, 5.74) is -1.18. The van der Waals surface area contributed by atoms with Gasteiger partial charge in [0.1, 0.15) is 0 Å². The third-order valence-electron chi connectivity index (χ3n) is 2.87. The number of ether oxygens (including phenoxy) is 2. The zero-order chi connectivity index (χ0) is 14.8. The maximum Gasteiger partial charge on any atom is 0.339 e. The second-order valence-electron chi connectivity index (χ2n) is 5.95. The molecule has 1 aliphatic rings. The molecule has 0 saturated carbocycles. The Morgan fingerprint density at radius 1 is 1.20 bits per heavy atom. The van der Waals surface area contributed by atoms with E-state index >= 15 is 0 Å². The number of rotatable bonds is 3. The fourth-order valence-corrected chi connectivity index (χ4v) is 1.79. The number of hydrogen-bond acceptors (Lipinski definition) is 4. The molecular weight excluding hydrogens is 258 g/mol. The minimum Gasteiger partial charge on any atom is -0.440 e. The summed E-state index contributed by atoms with van der Waals surface area (Å²) in [7, 11) is 0. The van der Waals surface area contributed by atoms with Crippen LogP contribution in [0.25, 0.3) is 0 Å². The van der Waals surface area contributed by atoms with Crippen molar-refractivity contribution < 1.29 is 19.1 Å². The van der Waals surface area contributed by atoms with Crippen molar-refractivity contribution in [3.8, 4) is 0 Å². The maximum absolute atomic E-state index is 12.3. The summed E-state index contributed by atoms with van der Waals surface area (Å²) in [5.74, 6) is -0.835. The van der Waals surface area contributed by atoms with Crippen LogP contribution in [0.1, 0.15) is 31.1 Å². The molecule has 1 aromatic rings. The first-order chi connectivity index (χ1) is 9.32. The molecule has 1 heterocycles. The van der Waals surface area contributed by atoms with Gasteiger partial charge in [0.05, 0.1) is 18.8 Å². The lowest BCUT2D eigenvalue weighted by molar-refractivity contribution is -0.193. The molecule has 1 fully saturated rings. The van der Waals surface area contributed by atoms with Gasteiger partial charge in [0.25, 0.3) is 5.91 Å². The molecule has 1 aliphatic heterocycles. The first-order valence-corrected chi connectivity index (χ1v) is 6.51. The summed E-state index contributed by atoms with van der Waals surface area (Å²) in [6.07, 6.45) is 0. The van der Waals surface area contributed by atoms with Crippen molar-refractivity contribution in [3.05, 3.63) is 35.9 Å². The van der Waals surface area contributed by atoms with Gasteiger partial charge in [-0.25, -0.2) is 4.79 Å². The summed E-state index contributed by atoms with van der Waals surface area (Å²) >= 11 is 0. The van der Waals surface area contributed by atoms with Gasteiger partial charge in [-0.3, -0.25) is 4.79 Å². The van der Waals surface area contributed by atoms with Crippen molar-refractivity contribution >= 4 is 11.9 Å². The molecule has 0 unspecified atom stereocenters. The van der Waals surface area contributed by atoms with E-state index in [0.29, 0.717) is 5.56 Å². The van der Waals surface area contributed by atoms with E-state index in [1.165, 1.54) is 0 Å². The maximum atomic E-state index is 12.3. The molecule has 5 heteroatoms. The third-order valence-corrected chi connectivity index (χ3v) is 2.87. The normalized spacial score (nSPS) is 16.9. The highest BCUT2D eigenvalue weighted by atomic mass is 16.6. The molecule has 1 saturated heterocycles. The van der Waals surface area contributed by atoms with Crippen LogP contribution >= 0.6 is 0 Å². The number of esters is 1. The predicted octanol–water partition coefficient (Wildman–Crippen LogP) is 1.53. The Hall–Kier alpha value is -1.88. The lowest BCUT2D eigenvalue weighted by Gasteiger charge is -2.40. The highest BCUT2D eigenvalue weighted by molar-refractivity contribution is 5.94. The average molecular weight is 277 g/mol. The lowest BCUT2D eigenvalue weighted by atomic mass is 9.98. The highest BCUT2D eigenvalue weighted by Crippen LogP contribution is 2.25. The summed E-state index contributed by atoms with van der Waals surface area (Å²) in [6, 6.07) is 8.60. The van der Waals surface area contributed by atoms with E-state index in [4.69, 9.17) is 9.47 Å². The van der Waals surface area contributed by atoms with Crippen LogP contribution in [0.15, 0.2) is 30.3 Å². The second-order valence-corrected chi connectivity index (χ2v) is 5.95. The number of carbonyl (C=O) groups excluding carboxylic acids is 2. The Balaban J connectivity index is 2.09. The molecule has 2 rings (SSSR count). The molecule has 108 valence electrons. The van der Waals surface area contributed by atoms with Crippen LogP contribution in [-0.2, 0) is 14.3 Å². The first-order valence-electron chi connectivity index (χ1n) is 6.51. The van der Waals surface area contributed by atoms with Crippen LogP contribution in [-0.4, -0.2) is 36.2 Å². The minimum atomic E-state index is -1.21. The lowest BCUT2D eigenvalue weighted by Crippen LogP contribution is -2.65. The molecule has 1 aromatic carbocycles. The number of benzene rings is 1. The van der Waals surface area contributed by atoms with Gasteiger partial charge < -0.3 is 14.8 Å². The van der Waals surface area contributed by atoms with Crippen molar-refractivity contribution in [2.24, 2.45) is 0 Å². The fourth-order valence-electron chi connectivity index (χ4n) is 1.79. The number of amides is 1. The molecule has 0 atom stereocenters. The quantitative estimate of drug-likeness (QED) is 0.851. The van der Waals surface area contributed by atoms with Gasteiger partial charge in [0, 0.05) is 5.54 Å². The monoisotopic (exact) mass is 277 g/mol. The average Bonchev–Trinajstić information content (AvgIpc) is 2.32. The Morgan fingerprint density at radius 3 is 2.25 bits per heavy atom. The fraction of sp³-hybridized carbons (Fsp3) is 0.467. The topological polar surface area (TPSA) is 64.6 Å². The number of carbonyl (C=O) groups is 2. The van der Waals surface area contributed by atoms with Gasteiger partial charge in [0.15, 0.2) is 0 Å². The van der Waals surface area contributed by atoms with Crippen molar-refractivity contribution in [1.82, 2.24) is 5.32 Å². The molecule has 20 heavy (non-hydrogen) atoms. The SMILES string of the molecule is CC(C)(C)NC(=O)C1(OC(=O)c2ccccc2)COC1. The van der Waals surface area contributed by atoms with Gasteiger partial charge in [0.2, 0.25) is 5.60 Å². The van der Waals surface area contributed by atoms with Crippen molar-refractivity contribution in [2.45, 2.75) is 31.9 Å². The van der Waals surface area contributed by atoms with E-state index < -0.39 is 17.1 Å². The number of hydrogen-bond donors (Lipinski definition) is 1. The molecule has 0 radical (unpaired) electrons. The molecule has 1 amide bonds. The van der Waals surface area contributed by atoms with E-state index in [1.54, 1.807) is 24.3 Å². The Morgan fingerprint density at radius 2 is 1.80 bits per heavy atom. The van der Waals surface area contributed by atoms with E-state index in [0.717, 1.165) is 0 Å². The Kier molecular flexibility index (Phi) is 3.81. The first kappa shape index (κ1) is 14.5. The van der Waals surface area contributed by atoms with Crippen molar-refractivity contribution in [2.75, 3.05) is 13.2 Å². The molecule has 1 N–H and O–H groups in total. The van der Waals surface area contributed by atoms with Crippen LogP contribution in [0.4, 0.5) is 0 Å². The van der Waals surface area contributed by atoms with Gasteiger partial charge in [-0.2, -0.15) is 0 Å². The van der Waals surface area contributed by atoms with E-state index in [1.807, 2.05) is 26.8 Å². The standard InChI is InChI=1S/C15H19NO4/c1-14(2,3)16-13(18)15(9-19-10-15)20-12(17)11-7-5-4-6-8-11/h4-8H,9-10H2,1-3H3,(H,16,18). The third kappa shape index (κ3) is 3.17. The summed E-state index contributed by atoms with van der Waals surface area (Å²) < 4.78 is 10.5. The van der Waals surface area contributed by atoms with Gasteiger partial charge in [-0.1, -0.05) is 18.2 Å². The minimum absolute atomic E-state index is 0.0908. The largest absolute Gasteiger partial charge is 0.440 e. The number of nitrogens with one attached hydrogen (secondary N) is 1. The van der Waals surface area contributed by atoms with Crippen LogP contribution < -0.4 is 5.32 Å². The summed E-state index contributed by atoms with van der Waals surface area (Å²) in [4.78, 5) is 24.3. The Labute approximate surface area is 118 Å². The van der Waals surface area contributed by atoms with Gasteiger partial charge in [-0.05, 0) is 32.9 Å². The molecule has 0 bridgehead atoms. The van der Waals surface area contributed by atoms with Crippen LogP contribution in [0.2, 0.25) is 0 Å². The molecular formula is C15H19NO4. The molecule has 5 nitrogen and oxygen atoms in total. The highest BCUT2D eigenvalue weighted by Gasteiger charge is 2.50. The molecule has 0 aliphatic carbocycles. The molecule has 0 spiro atoms. The zero-order valence-electron chi connectivity index (χ0n) is 11.9. The summed E-state index contributed by atoms with van der Waals surface area (Å²) in [6.45, 7) is 5.80. The summed E-state index contributed by atoms with van der Waals surface area (Å²) in [5, 5.41) is 2.82. The van der Waals surface area contributed by atoms with E-state index in [9.17, 15) is 9.59 Å². The second kappa shape index (κ2) is 5.25. The van der Waals surface area contributed by atoms with Crippen LogP contribution in [0, 0.1) is 0 Å². The zero-order valence-corrected chi connectivity index (χ0v) is 11.9. The van der Waals surface area contributed by atoms with E-state index in [-0.39, 0.29) is 19.1 Å². The van der Waals surface area contributed by atoms with Gasteiger partial charge >= 0.3 is 5.97 Å². The van der Waals surface area contributed by atoms with Gasteiger partial charge in [-0.15, -0.1) is 0 Å². The van der Waals surface area contributed by atoms with Crippen molar-refractivity contribution in [3.63, 3.8) is 0 Å². The Bertz CT molecular complexity index is 500. The predicted molar refractivity (Wildman–Crippen MR) is 73.3 cm³/mol. The smallest absolute Gasteiger partial charge is 0.339 e. The van der Waals surface area contributed by atoms with Crippen LogP contribution in [0.5, 0.6) is 0 Å².